The van der Waals surface area contributed by atoms with E-state index in [4.69, 9.17) is 5.73 Å². The first-order valence-electron chi connectivity index (χ1n) is 6.17. The van der Waals surface area contributed by atoms with E-state index in [9.17, 15) is 0 Å². The predicted molar refractivity (Wildman–Crippen MR) is 68.8 cm³/mol. The molecule has 90 valence electrons. The Kier molecular flexibility index (Phi) is 2.15. The van der Waals surface area contributed by atoms with Gasteiger partial charge < -0.3 is 10.3 Å². The molecular formula is C13H18N4. The molecule has 0 aliphatic heterocycles. The Hall–Kier alpha value is -1.58. The molecular weight excluding hydrogens is 212 g/mol. The van der Waals surface area contributed by atoms with E-state index in [0.29, 0.717) is 11.9 Å². The normalized spacial score (nSPS) is 23.9. The molecule has 1 aliphatic rings. The van der Waals surface area contributed by atoms with Gasteiger partial charge in [0.05, 0.1) is 5.39 Å². The molecule has 4 heteroatoms. The average Bonchev–Trinajstić information content (AvgIpc) is 2.49. The number of nitrogens with two attached hydrogens (primary N) is 1. The fourth-order valence-corrected chi connectivity index (χ4v) is 2.97. The molecule has 1 saturated carbocycles. The van der Waals surface area contributed by atoms with E-state index in [-0.39, 0.29) is 0 Å². The lowest BCUT2D eigenvalue weighted by molar-refractivity contribution is 0.218. The van der Waals surface area contributed by atoms with E-state index in [0.717, 1.165) is 17.0 Å². The molecule has 0 amide bonds. The molecule has 17 heavy (non-hydrogen) atoms. The highest BCUT2D eigenvalue weighted by Crippen LogP contribution is 2.41. The highest BCUT2D eigenvalue weighted by molar-refractivity contribution is 5.90. The molecule has 0 saturated heterocycles. The maximum Gasteiger partial charge on any atom is 0.146 e. The summed E-state index contributed by atoms with van der Waals surface area (Å²) < 4.78 is 2.35. The summed E-state index contributed by atoms with van der Waals surface area (Å²) in [6, 6.07) is 0.593. The van der Waals surface area contributed by atoms with Crippen LogP contribution in [0, 0.1) is 19.8 Å². The van der Waals surface area contributed by atoms with Crippen LogP contribution in [-0.4, -0.2) is 14.5 Å². The SMILES string of the molecule is Cc1c(C)n(C2CC(C)C2)c2ncnc(N)c12. The number of hydrogen-bond acceptors (Lipinski definition) is 3. The molecule has 2 heterocycles. The quantitative estimate of drug-likeness (QED) is 0.819. The van der Waals surface area contributed by atoms with E-state index in [1.54, 1.807) is 6.33 Å². The van der Waals surface area contributed by atoms with Crippen LogP contribution >= 0.6 is 0 Å². The first-order chi connectivity index (χ1) is 8.09. The minimum absolute atomic E-state index is 0.593. The van der Waals surface area contributed by atoms with Gasteiger partial charge in [-0.1, -0.05) is 6.92 Å². The fourth-order valence-electron chi connectivity index (χ4n) is 2.97. The van der Waals surface area contributed by atoms with Gasteiger partial charge in [-0.3, -0.25) is 0 Å². The van der Waals surface area contributed by atoms with Crippen molar-refractivity contribution in [1.29, 1.82) is 0 Å². The van der Waals surface area contributed by atoms with Crippen LogP contribution in [0.5, 0.6) is 0 Å². The summed E-state index contributed by atoms with van der Waals surface area (Å²) in [5, 5.41) is 1.03. The van der Waals surface area contributed by atoms with Gasteiger partial charge in [0.1, 0.15) is 17.8 Å². The van der Waals surface area contributed by atoms with Gasteiger partial charge in [0.2, 0.25) is 0 Å². The second kappa shape index (κ2) is 3.45. The van der Waals surface area contributed by atoms with Gasteiger partial charge in [0.15, 0.2) is 0 Å². The number of fused-ring (bicyclic) bond motifs is 1. The monoisotopic (exact) mass is 230 g/mol. The van der Waals surface area contributed by atoms with Gasteiger partial charge in [-0.25, -0.2) is 9.97 Å². The Morgan fingerprint density at radius 2 is 2.00 bits per heavy atom. The van der Waals surface area contributed by atoms with Gasteiger partial charge in [-0.05, 0) is 38.2 Å². The van der Waals surface area contributed by atoms with Crippen molar-refractivity contribution in [2.24, 2.45) is 5.92 Å². The number of nitrogen functional groups attached to an aromatic ring is 1. The van der Waals surface area contributed by atoms with Crippen molar-refractivity contribution < 1.29 is 0 Å². The number of aryl methyl sites for hydroxylation is 1. The fraction of sp³-hybridized carbons (Fsp3) is 0.538. The van der Waals surface area contributed by atoms with Crippen molar-refractivity contribution in [3.05, 3.63) is 17.6 Å². The summed E-state index contributed by atoms with van der Waals surface area (Å²) in [5.74, 6) is 1.43. The first kappa shape index (κ1) is 10.6. The van der Waals surface area contributed by atoms with Gasteiger partial charge in [-0.2, -0.15) is 0 Å². The van der Waals surface area contributed by atoms with Crippen LogP contribution in [-0.2, 0) is 0 Å². The molecule has 0 spiro atoms. The Morgan fingerprint density at radius 3 is 2.65 bits per heavy atom. The van der Waals surface area contributed by atoms with Gasteiger partial charge in [0.25, 0.3) is 0 Å². The number of rotatable bonds is 1. The summed E-state index contributed by atoms with van der Waals surface area (Å²) in [7, 11) is 0. The minimum Gasteiger partial charge on any atom is -0.383 e. The number of nitrogens with zero attached hydrogens (tertiary/aromatic N) is 3. The molecule has 2 aromatic rings. The van der Waals surface area contributed by atoms with Crippen LogP contribution in [0.1, 0.15) is 37.1 Å². The van der Waals surface area contributed by atoms with Gasteiger partial charge in [-0.15, -0.1) is 0 Å². The van der Waals surface area contributed by atoms with Gasteiger partial charge >= 0.3 is 0 Å². The molecule has 1 aliphatic carbocycles. The minimum atomic E-state index is 0.593. The van der Waals surface area contributed by atoms with Crippen molar-refractivity contribution >= 4 is 16.9 Å². The molecule has 2 N–H and O–H groups in total. The Labute approximate surface area is 101 Å². The standard InChI is InChI=1S/C13H18N4/c1-7-4-10(5-7)17-9(3)8(2)11-12(14)15-6-16-13(11)17/h6-7,10H,4-5H2,1-3H3,(H2,14,15,16). The van der Waals surface area contributed by atoms with Crippen LogP contribution in [0.2, 0.25) is 0 Å². The summed E-state index contributed by atoms with van der Waals surface area (Å²) in [6.45, 7) is 6.56. The topological polar surface area (TPSA) is 56.7 Å². The lowest BCUT2D eigenvalue weighted by atomic mass is 9.81. The number of hydrogen-bond donors (Lipinski definition) is 1. The molecule has 0 atom stereocenters. The molecule has 2 aromatic heterocycles. The summed E-state index contributed by atoms with van der Waals surface area (Å²) in [4.78, 5) is 8.52. The molecule has 0 radical (unpaired) electrons. The third-order valence-corrected chi connectivity index (χ3v) is 4.08. The zero-order valence-electron chi connectivity index (χ0n) is 10.6. The van der Waals surface area contributed by atoms with E-state index in [2.05, 4.69) is 35.3 Å². The molecule has 0 bridgehead atoms. The number of aromatic nitrogens is 3. The van der Waals surface area contributed by atoms with E-state index >= 15 is 0 Å². The van der Waals surface area contributed by atoms with E-state index in [1.807, 2.05) is 0 Å². The Bertz CT molecular complexity index is 579. The smallest absolute Gasteiger partial charge is 0.146 e. The largest absolute Gasteiger partial charge is 0.383 e. The second-order valence-corrected chi connectivity index (χ2v) is 5.27. The maximum absolute atomic E-state index is 5.96. The lowest BCUT2D eigenvalue weighted by Gasteiger charge is -2.35. The zero-order valence-corrected chi connectivity index (χ0v) is 10.6. The van der Waals surface area contributed by atoms with Crippen LogP contribution in [0.15, 0.2) is 6.33 Å². The summed E-state index contributed by atoms with van der Waals surface area (Å²) >= 11 is 0. The zero-order chi connectivity index (χ0) is 12.2. The average molecular weight is 230 g/mol. The van der Waals surface area contributed by atoms with Crippen LogP contribution in [0.3, 0.4) is 0 Å². The first-order valence-corrected chi connectivity index (χ1v) is 6.17. The number of anilines is 1. The lowest BCUT2D eigenvalue weighted by Crippen LogP contribution is -2.25. The third kappa shape index (κ3) is 1.36. The molecule has 4 nitrogen and oxygen atoms in total. The second-order valence-electron chi connectivity index (χ2n) is 5.27. The van der Waals surface area contributed by atoms with Crippen LogP contribution < -0.4 is 5.73 Å². The van der Waals surface area contributed by atoms with Crippen molar-refractivity contribution in [2.75, 3.05) is 5.73 Å². The summed E-state index contributed by atoms with van der Waals surface area (Å²) in [6.07, 6.45) is 4.05. The molecule has 1 fully saturated rings. The predicted octanol–water partition coefficient (Wildman–Crippen LogP) is 2.60. The van der Waals surface area contributed by atoms with Crippen molar-refractivity contribution in [3.63, 3.8) is 0 Å². The van der Waals surface area contributed by atoms with Crippen molar-refractivity contribution in [1.82, 2.24) is 14.5 Å². The van der Waals surface area contributed by atoms with Crippen molar-refractivity contribution in [2.45, 2.75) is 39.7 Å². The summed E-state index contributed by atoms with van der Waals surface area (Å²) in [5.41, 5.74) is 9.47. The van der Waals surface area contributed by atoms with Crippen LogP contribution in [0.25, 0.3) is 11.0 Å². The molecule has 0 aromatic carbocycles. The Morgan fingerprint density at radius 1 is 1.29 bits per heavy atom. The van der Waals surface area contributed by atoms with Gasteiger partial charge in [0, 0.05) is 11.7 Å². The highest BCUT2D eigenvalue weighted by Gasteiger charge is 2.30. The Balaban J connectivity index is 2.24. The van der Waals surface area contributed by atoms with Crippen molar-refractivity contribution in [3.8, 4) is 0 Å². The maximum atomic E-state index is 5.96. The van der Waals surface area contributed by atoms with E-state index < -0.39 is 0 Å². The molecule has 0 unspecified atom stereocenters. The molecule has 3 rings (SSSR count). The van der Waals surface area contributed by atoms with Crippen LogP contribution in [0.4, 0.5) is 5.82 Å². The third-order valence-electron chi connectivity index (χ3n) is 4.08. The highest BCUT2D eigenvalue weighted by atomic mass is 15.1. The van der Waals surface area contributed by atoms with E-state index in [1.165, 1.54) is 24.1 Å².